The Labute approximate surface area is 162 Å². The largest absolute Gasteiger partial charge is 0.369 e. The monoisotopic (exact) mass is 374 g/mol. The first-order chi connectivity index (χ1) is 12.5. The van der Waals surface area contributed by atoms with Crippen LogP contribution in [-0.2, 0) is 0 Å². The number of aliphatic imine (C=N–C) groups is 1. The third kappa shape index (κ3) is 1.76. The molecule has 0 aromatic carbocycles. The van der Waals surface area contributed by atoms with Crippen LogP contribution in [0.25, 0.3) is 0 Å². The molecule has 26 heavy (non-hydrogen) atoms. The number of rotatable bonds is 0. The third-order valence-corrected chi connectivity index (χ3v) is 11.6. The standard InChI is InChI=1S/C22H34N2OS/c1-20-9-4-3-5-14(20)6-7-15-16(20)8-10-21(2)17(15)13-18-22(21,25)24-12-11-23-19(24)26-18/h14-18,25H,3-13H2,1-2H3/t14?,15?,16?,17?,18-,20+,21+,22+/m0/s1. The molecule has 6 rings (SSSR count). The van der Waals surface area contributed by atoms with Gasteiger partial charge in [0, 0.05) is 12.0 Å². The van der Waals surface area contributed by atoms with Gasteiger partial charge in [-0.25, -0.2) is 0 Å². The molecule has 2 heterocycles. The zero-order valence-electron chi connectivity index (χ0n) is 16.4. The van der Waals surface area contributed by atoms with Gasteiger partial charge in [0.2, 0.25) is 0 Å². The van der Waals surface area contributed by atoms with Crippen LogP contribution in [0.4, 0.5) is 0 Å². The van der Waals surface area contributed by atoms with Gasteiger partial charge in [-0.05, 0) is 74.0 Å². The molecule has 0 radical (unpaired) electrons. The average Bonchev–Trinajstić information content (AvgIpc) is 3.25. The Morgan fingerprint density at radius 1 is 1.08 bits per heavy atom. The first-order valence-electron chi connectivity index (χ1n) is 11.2. The molecule has 5 fully saturated rings. The van der Waals surface area contributed by atoms with Crippen molar-refractivity contribution in [1.29, 1.82) is 0 Å². The van der Waals surface area contributed by atoms with E-state index in [0.29, 0.717) is 16.6 Å². The summed E-state index contributed by atoms with van der Waals surface area (Å²) >= 11 is 1.90. The topological polar surface area (TPSA) is 35.8 Å². The highest BCUT2D eigenvalue weighted by atomic mass is 32.2. The molecule has 3 nitrogen and oxygen atoms in total. The van der Waals surface area contributed by atoms with E-state index in [4.69, 9.17) is 0 Å². The molecule has 4 saturated carbocycles. The normalized spacial score (nSPS) is 57.7. The predicted molar refractivity (Wildman–Crippen MR) is 107 cm³/mol. The summed E-state index contributed by atoms with van der Waals surface area (Å²) in [7, 11) is 0. The molecule has 0 amide bonds. The molecule has 6 aliphatic rings. The van der Waals surface area contributed by atoms with Gasteiger partial charge >= 0.3 is 0 Å². The van der Waals surface area contributed by atoms with E-state index in [0.717, 1.165) is 36.0 Å². The Morgan fingerprint density at radius 3 is 2.85 bits per heavy atom. The van der Waals surface area contributed by atoms with Crippen molar-refractivity contribution in [3.63, 3.8) is 0 Å². The zero-order valence-corrected chi connectivity index (χ0v) is 17.2. The SMILES string of the molecule is C[C@@]12CCCCC1CCC1C2CC[C@]2(C)C1C[C@@H]1SC3=NCCN3[C@@]12O. The van der Waals surface area contributed by atoms with Crippen LogP contribution < -0.4 is 0 Å². The quantitative estimate of drug-likeness (QED) is 0.678. The van der Waals surface area contributed by atoms with Gasteiger partial charge in [-0.3, -0.25) is 4.99 Å². The lowest BCUT2D eigenvalue weighted by molar-refractivity contribution is -0.188. The smallest absolute Gasteiger partial charge is 0.162 e. The van der Waals surface area contributed by atoms with E-state index in [2.05, 4.69) is 23.7 Å². The van der Waals surface area contributed by atoms with E-state index in [1.165, 1.54) is 57.8 Å². The molecule has 4 unspecified atom stereocenters. The van der Waals surface area contributed by atoms with E-state index < -0.39 is 5.72 Å². The van der Waals surface area contributed by atoms with Crippen LogP contribution in [0.1, 0.15) is 71.6 Å². The summed E-state index contributed by atoms with van der Waals surface area (Å²) < 4.78 is 0. The summed E-state index contributed by atoms with van der Waals surface area (Å²) in [6.45, 7) is 6.92. The van der Waals surface area contributed by atoms with Crippen molar-refractivity contribution in [2.45, 2.75) is 82.6 Å². The highest BCUT2D eigenvalue weighted by Crippen LogP contribution is 2.71. The summed E-state index contributed by atoms with van der Waals surface area (Å²) in [5.41, 5.74) is 0.0223. The van der Waals surface area contributed by atoms with Crippen molar-refractivity contribution in [3.05, 3.63) is 0 Å². The minimum Gasteiger partial charge on any atom is -0.369 e. The van der Waals surface area contributed by atoms with Crippen LogP contribution in [0.2, 0.25) is 0 Å². The fourth-order valence-corrected chi connectivity index (χ4v) is 10.5. The number of nitrogens with zero attached hydrogens (tertiary/aromatic N) is 2. The summed E-state index contributed by atoms with van der Waals surface area (Å²) in [5.74, 6) is 3.47. The molecule has 0 aromatic rings. The van der Waals surface area contributed by atoms with Crippen molar-refractivity contribution in [2.24, 2.45) is 39.5 Å². The minimum absolute atomic E-state index is 0.0608. The lowest BCUT2D eigenvalue weighted by Crippen LogP contribution is -2.62. The van der Waals surface area contributed by atoms with Gasteiger partial charge in [0.1, 0.15) is 0 Å². The molecular formula is C22H34N2OS. The van der Waals surface area contributed by atoms with Crippen molar-refractivity contribution in [1.82, 2.24) is 4.90 Å². The maximum atomic E-state index is 12.1. The second-order valence-corrected chi connectivity index (χ2v) is 11.9. The first kappa shape index (κ1) is 16.7. The van der Waals surface area contributed by atoms with Gasteiger partial charge in [0.05, 0.1) is 11.8 Å². The van der Waals surface area contributed by atoms with Crippen LogP contribution in [0, 0.1) is 34.5 Å². The maximum Gasteiger partial charge on any atom is 0.162 e. The summed E-state index contributed by atoms with van der Waals surface area (Å²) in [5, 5.41) is 13.6. The van der Waals surface area contributed by atoms with Crippen molar-refractivity contribution < 1.29 is 5.11 Å². The first-order valence-corrected chi connectivity index (χ1v) is 12.1. The predicted octanol–water partition coefficient (Wildman–Crippen LogP) is 4.50. The van der Waals surface area contributed by atoms with E-state index in [9.17, 15) is 5.11 Å². The van der Waals surface area contributed by atoms with Crippen LogP contribution in [-0.4, -0.2) is 39.2 Å². The van der Waals surface area contributed by atoms with Crippen molar-refractivity contribution in [2.75, 3.05) is 13.1 Å². The van der Waals surface area contributed by atoms with Crippen LogP contribution in [0.15, 0.2) is 4.99 Å². The van der Waals surface area contributed by atoms with Crippen molar-refractivity contribution in [3.8, 4) is 0 Å². The van der Waals surface area contributed by atoms with Gasteiger partial charge in [-0.1, -0.05) is 38.5 Å². The maximum absolute atomic E-state index is 12.1. The number of fused-ring (bicyclic) bond motifs is 9. The van der Waals surface area contributed by atoms with E-state index in [1.54, 1.807) is 0 Å². The Balaban J connectivity index is 1.37. The minimum atomic E-state index is -0.632. The molecule has 4 heteroatoms. The fraction of sp³-hybridized carbons (Fsp3) is 0.955. The average molecular weight is 375 g/mol. The van der Waals surface area contributed by atoms with Crippen LogP contribution in [0.5, 0.6) is 0 Å². The van der Waals surface area contributed by atoms with Crippen LogP contribution >= 0.6 is 11.8 Å². The number of hydrogen-bond acceptors (Lipinski definition) is 4. The Kier molecular flexibility index (Phi) is 3.36. The Hall–Kier alpha value is -0.220. The van der Waals surface area contributed by atoms with E-state index in [1.807, 2.05) is 11.8 Å². The van der Waals surface area contributed by atoms with Crippen LogP contribution in [0.3, 0.4) is 0 Å². The van der Waals surface area contributed by atoms with Gasteiger partial charge < -0.3 is 10.0 Å². The van der Waals surface area contributed by atoms with Gasteiger partial charge in [-0.2, -0.15) is 0 Å². The molecule has 0 bridgehead atoms. The lowest BCUT2D eigenvalue weighted by atomic mass is 9.45. The third-order valence-electron chi connectivity index (χ3n) is 10.2. The van der Waals surface area contributed by atoms with Gasteiger partial charge in [0.15, 0.2) is 10.9 Å². The molecular weight excluding hydrogens is 340 g/mol. The second-order valence-electron chi connectivity index (χ2n) is 10.7. The van der Waals surface area contributed by atoms with E-state index >= 15 is 0 Å². The summed E-state index contributed by atoms with van der Waals surface area (Å²) in [6, 6.07) is 0. The molecule has 144 valence electrons. The molecule has 0 spiro atoms. The van der Waals surface area contributed by atoms with Crippen molar-refractivity contribution >= 4 is 16.9 Å². The van der Waals surface area contributed by atoms with Gasteiger partial charge in [-0.15, -0.1) is 0 Å². The molecule has 0 aromatic heterocycles. The van der Waals surface area contributed by atoms with E-state index in [-0.39, 0.29) is 5.41 Å². The van der Waals surface area contributed by atoms with Gasteiger partial charge in [0.25, 0.3) is 0 Å². The molecule has 4 aliphatic carbocycles. The Morgan fingerprint density at radius 2 is 1.96 bits per heavy atom. The lowest BCUT2D eigenvalue weighted by Gasteiger charge is -2.61. The highest BCUT2D eigenvalue weighted by molar-refractivity contribution is 8.14. The zero-order chi connectivity index (χ0) is 17.7. The summed E-state index contributed by atoms with van der Waals surface area (Å²) in [4.78, 5) is 7.00. The number of amidine groups is 1. The Bertz CT molecular complexity index is 667. The molecule has 2 aliphatic heterocycles. The second kappa shape index (κ2) is 5.23. The number of thioether (sulfide) groups is 1. The molecule has 1 saturated heterocycles. The number of aliphatic hydroxyl groups is 1. The highest BCUT2D eigenvalue weighted by Gasteiger charge is 2.72. The molecule has 8 atom stereocenters. The summed E-state index contributed by atoms with van der Waals surface area (Å²) in [6.07, 6.45) is 12.5. The number of hydrogen-bond donors (Lipinski definition) is 1. The fourth-order valence-electron chi connectivity index (χ4n) is 8.85. The molecule has 1 N–H and O–H groups in total.